The first-order valence-electron chi connectivity index (χ1n) is 5.07. The molecule has 0 saturated carbocycles. The Morgan fingerprint density at radius 2 is 1.71 bits per heavy atom. The second kappa shape index (κ2) is 6.92. The monoisotopic (exact) mass is 249 g/mol. The van der Waals surface area contributed by atoms with Gasteiger partial charge in [0.2, 0.25) is 0 Å². The second-order valence-corrected chi connectivity index (χ2v) is 3.89. The molecule has 0 spiro atoms. The van der Waals surface area contributed by atoms with E-state index in [9.17, 15) is 0 Å². The van der Waals surface area contributed by atoms with Crippen LogP contribution in [0.3, 0.4) is 0 Å². The highest BCUT2D eigenvalue weighted by Crippen LogP contribution is 2.18. The van der Waals surface area contributed by atoms with Crippen molar-refractivity contribution >= 4 is 19.0 Å². The van der Waals surface area contributed by atoms with Crippen LogP contribution in [0.2, 0.25) is 0 Å². The lowest BCUT2D eigenvalue weighted by Gasteiger charge is -2.02. The molecule has 0 saturated heterocycles. The Morgan fingerprint density at radius 3 is 2.35 bits per heavy atom. The standard InChI is InChI=1S/C13H12.HO3P/c1-2-6-11-8-5-9-12-7-3-4-10-13(11)12;1-4(2)3/h2-5,7-10H,1,6H2;(H-,1,2,3)/p+1. The summed E-state index contributed by atoms with van der Waals surface area (Å²) in [4.78, 5) is 14.2. The Bertz CT molecular complexity index is 514. The summed E-state index contributed by atoms with van der Waals surface area (Å²) >= 11 is 0. The molecule has 0 fully saturated rings. The van der Waals surface area contributed by atoms with Crippen molar-refractivity contribution in [3.8, 4) is 0 Å². The number of rotatable bonds is 2. The summed E-state index contributed by atoms with van der Waals surface area (Å²) in [5, 5.41) is 2.65. The van der Waals surface area contributed by atoms with Gasteiger partial charge < -0.3 is 0 Å². The Kier molecular flexibility index (Phi) is 5.50. The van der Waals surface area contributed by atoms with Crippen molar-refractivity contribution < 1.29 is 14.4 Å². The van der Waals surface area contributed by atoms with Gasteiger partial charge in [-0.1, -0.05) is 48.5 Å². The van der Waals surface area contributed by atoms with Gasteiger partial charge >= 0.3 is 8.25 Å². The molecule has 2 aromatic rings. The summed E-state index contributed by atoms with van der Waals surface area (Å²) in [5.41, 5.74) is 1.35. The van der Waals surface area contributed by atoms with Gasteiger partial charge in [-0.05, 0) is 22.8 Å². The Hall–Kier alpha value is -1.54. The lowest BCUT2D eigenvalue weighted by molar-refractivity contribution is 0.405. The maximum atomic E-state index is 8.70. The fourth-order valence-corrected chi connectivity index (χ4v) is 1.63. The van der Waals surface area contributed by atoms with Crippen molar-refractivity contribution in [1.82, 2.24) is 0 Å². The summed E-state index contributed by atoms with van der Waals surface area (Å²) in [6.45, 7) is 3.76. The molecule has 0 atom stereocenters. The third kappa shape index (κ3) is 4.45. The molecule has 0 aliphatic rings. The zero-order chi connectivity index (χ0) is 12.7. The van der Waals surface area contributed by atoms with E-state index < -0.39 is 8.25 Å². The lowest BCUT2D eigenvalue weighted by atomic mass is 10.0. The van der Waals surface area contributed by atoms with Crippen LogP contribution in [0.1, 0.15) is 5.56 Å². The van der Waals surface area contributed by atoms with Crippen molar-refractivity contribution in [3.63, 3.8) is 0 Å². The van der Waals surface area contributed by atoms with Crippen LogP contribution in [-0.4, -0.2) is 9.79 Å². The van der Waals surface area contributed by atoms with Gasteiger partial charge in [-0.15, -0.1) is 16.4 Å². The highest BCUT2D eigenvalue weighted by atomic mass is 31.1. The first-order chi connectivity index (χ1) is 8.15. The summed E-state index contributed by atoms with van der Waals surface area (Å²) in [7, 11) is -2.87. The average molecular weight is 249 g/mol. The van der Waals surface area contributed by atoms with Gasteiger partial charge in [-0.2, -0.15) is 0 Å². The minimum absolute atomic E-state index is 0.946. The summed E-state index contributed by atoms with van der Waals surface area (Å²) in [6, 6.07) is 14.8. The van der Waals surface area contributed by atoms with Gasteiger partial charge in [0.05, 0.1) is 0 Å². The smallest absolute Gasteiger partial charge is 0.134 e. The summed E-state index contributed by atoms with van der Waals surface area (Å²) in [5.74, 6) is 0. The van der Waals surface area contributed by atoms with Crippen LogP contribution < -0.4 is 0 Å². The second-order valence-electron chi connectivity index (χ2n) is 3.38. The number of hydrogen-bond acceptors (Lipinski definition) is 1. The number of allylic oxidation sites excluding steroid dienone is 1. The SMILES string of the molecule is C=CCc1cccc2ccccc12.O=[P+](O)O. The third-order valence-electron chi connectivity index (χ3n) is 2.24. The largest absolute Gasteiger partial charge is 0.692 e. The van der Waals surface area contributed by atoms with E-state index in [1.165, 1.54) is 16.3 Å². The molecule has 2 aromatic carbocycles. The molecule has 0 aromatic heterocycles. The van der Waals surface area contributed by atoms with Crippen molar-refractivity contribution in [1.29, 1.82) is 0 Å². The molecule has 17 heavy (non-hydrogen) atoms. The molecule has 0 heterocycles. The van der Waals surface area contributed by atoms with Gasteiger partial charge in [0.15, 0.2) is 0 Å². The van der Waals surface area contributed by atoms with Crippen LogP contribution in [-0.2, 0) is 11.0 Å². The van der Waals surface area contributed by atoms with E-state index in [1.54, 1.807) is 0 Å². The van der Waals surface area contributed by atoms with Crippen LogP contribution in [0.5, 0.6) is 0 Å². The van der Waals surface area contributed by atoms with Gasteiger partial charge in [0.1, 0.15) is 0 Å². The van der Waals surface area contributed by atoms with Crippen LogP contribution in [0, 0.1) is 0 Å². The maximum Gasteiger partial charge on any atom is 0.692 e. The predicted octanol–water partition coefficient (Wildman–Crippen LogP) is 3.20. The molecule has 2 N–H and O–H groups in total. The highest BCUT2D eigenvalue weighted by Gasteiger charge is 1.96. The van der Waals surface area contributed by atoms with Crippen LogP contribution >= 0.6 is 8.25 Å². The van der Waals surface area contributed by atoms with Gasteiger partial charge in [-0.25, -0.2) is 0 Å². The number of benzene rings is 2. The van der Waals surface area contributed by atoms with E-state index in [1.807, 2.05) is 6.08 Å². The van der Waals surface area contributed by atoms with E-state index in [-0.39, 0.29) is 0 Å². The van der Waals surface area contributed by atoms with Crippen molar-refractivity contribution in [2.75, 3.05) is 0 Å². The number of hydrogen-bond donors (Lipinski definition) is 2. The predicted molar refractivity (Wildman–Crippen MR) is 69.9 cm³/mol. The lowest BCUT2D eigenvalue weighted by Crippen LogP contribution is -1.82. The molecule has 0 amide bonds. The fourth-order valence-electron chi connectivity index (χ4n) is 1.63. The molecule has 2 rings (SSSR count). The first-order valence-corrected chi connectivity index (χ1v) is 6.24. The normalized spacial score (nSPS) is 9.29. The van der Waals surface area contributed by atoms with E-state index in [0.29, 0.717) is 0 Å². The van der Waals surface area contributed by atoms with Crippen molar-refractivity contribution in [2.24, 2.45) is 0 Å². The topological polar surface area (TPSA) is 57.5 Å². The zero-order valence-corrected chi connectivity index (χ0v) is 10.2. The Labute approximate surface area is 101 Å². The van der Waals surface area contributed by atoms with E-state index in [2.05, 4.69) is 49.0 Å². The Morgan fingerprint density at radius 1 is 1.12 bits per heavy atom. The van der Waals surface area contributed by atoms with E-state index in [4.69, 9.17) is 14.4 Å². The molecular formula is C13H14O3P+. The highest BCUT2D eigenvalue weighted by molar-refractivity contribution is 7.30. The van der Waals surface area contributed by atoms with Crippen molar-refractivity contribution in [3.05, 3.63) is 60.7 Å². The van der Waals surface area contributed by atoms with Crippen molar-refractivity contribution in [2.45, 2.75) is 6.42 Å². The molecule has 0 unspecified atom stereocenters. The van der Waals surface area contributed by atoms with Gasteiger partial charge in [0.25, 0.3) is 0 Å². The molecule has 4 heteroatoms. The van der Waals surface area contributed by atoms with Crippen LogP contribution in [0.25, 0.3) is 10.8 Å². The first kappa shape index (κ1) is 13.5. The van der Waals surface area contributed by atoms with Crippen LogP contribution in [0.4, 0.5) is 0 Å². The Balaban J connectivity index is 0.000000317. The minimum Gasteiger partial charge on any atom is -0.134 e. The molecule has 3 nitrogen and oxygen atoms in total. The molecular weight excluding hydrogens is 235 g/mol. The molecule has 0 bridgehead atoms. The quantitative estimate of drug-likeness (QED) is 0.634. The summed E-state index contributed by atoms with van der Waals surface area (Å²) < 4.78 is 8.70. The molecule has 0 aliphatic heterocycles. The van der Waals surface area contributed by atoms with Gasteiger partial charge in [-0.3, -0.25) is 0 Å². The van der Waals surface area contributed by atoms with E-state index >= 15 is 0 Å². The zero-order valence-electron chi connectivity index (χ0n) is 9.28. The average Bonchev–Trinajstić information content (AvgIpc) is 2.29. The molecule has 0 radical (unpaired) electrons. The molecule has 88 valence electrons. The van der Waals surface area contributed by atoms with E-state index in [0.717, 1.165) is 6.42 Å². The van der Waals surface area contributed by atoms with Crippen LogP contribution in [0.15, 0.2) is 55.1 Å². The number of fused-ring (bicyclic) bond motifs is 1. The maximum absolute atomic E-state index is 8.70. The minimum atomic E-state index is -2.87. The van der Waals surface area contributed by atoms with Gasteiger partial charge in [0, 0.05) is 4.57 Å². The third-order valence-corrected chi connectivity index (χ3v) is 2.24. The fraction of sp³-hybridized carbons (Fsp3) is 0.0769. The molecule has 0 aliphatic carbocycles. The summed E-state index contributed by atoms with van der Waals surface area (Å²) in [6.07, 6.45) is 2.89.